The fourth-order valence-corrected chi connectivity index (χ4v) is 3.16. The smallest absolute Gasteiger partial charge is 0.416 e. The zero-order chi connectivity index (χ0) is 20.6. The van der Waals surface area contributed by atoms with Crippen LogP contribution in [0.1, 0.15) is 38.8 Å². The summed E-state index contributed by atoms with van der Waals surface area (Å²) in [6, 6.07) is 4.76. The van der Waals surface area contributed by atoms with Crippen molar-refractivity contribution < 1.29 is 41.8 Å². The van der Waals surface area contributed by atoms with E-state index in [1.165, 1.54) is 0 Å². The lowest BCUT2D eigenvalue weighted by atomic mass is 10.1. The van der Waals surface area contributed by atoms with Crippen molar-refractivity contribution in [3.05, 3.63) is 58.7 Å². The van der Waals surface area contributed by atoms with Crippen LogP contribution in [0.15, 0.2) is 46.2 Å². The highest BCUT2D eigenvalue weighted by molar-refractivity contribution is 7.99. The van der Waals surface area contributed by atoms with Gasteiger partial charge in [-0.15, -0.1) is 0 Å². The molecule has 0 bridgehead atoms. The maximum atomic E-state index is 13.4. The van der Waals surface area contributed by atoms with Crippen molar-refractivity contribution in [3.63, 3.8) is 0 Å². The molecule has 144 valence electrons. The van der Waals surface area contributed by atoms with Gasteiger partial charge in [-0.3, -0.25) is 0 Å². The molecule has 0 spiro atoms. The van der Waals surface area contributed by atoms with Crippen LogP contribution in [0.4, 0.5) is 22.0 Å². The summed E-state index contributed by atoms with van der Waals surface area (Å²) in [6.07, 6.45) is -4.76. The Morgan fingerprint density at radius 2 is 1.22 bits per heavy atom. The number of carboxylic acid groups (broad SMARTS) is 2. The largest absolute Gasteiger partial charge is 0.478 e. The van der Waals surface area contributed by atoms with Gasteiger partial charge in [0.05, 0.1) is 16.7 Å². The molecule has 2 rings (SSSR count). The number of halogens is 5. The van der Waals surface area contributed by atoms with E-state index in [4.69, 9.17) is 5.11 Å². The molecule has 0 aliphatic carbocycles. The number of aromatic carboxylic acids is 2. The van der Waals surface area contributed by atoms with Gasteiger partial charge in [0.15, 0.2) is 0 Å². The topological polar surface area (TPSA) is 74.6 Å². The van der Waals surface area contributed by atoms with Gasteiger partial charge in [0.1, 0.15) is 0 Å². The van der Waals surface area contributed by atoms with Gasteiger partial charge in [0.25, 0.3) is 5.92 Å². The highest BCUT2D eigenvalue weighted by atomic mass is 32.2. The lowest BCUT2D eigenvalue weighted by Crippen LogP contribution is -2.10. The SMILES string of the molecule is CC(F)(F)c1ccc(Sc2ccc(C(F)(F)F)cc2C(=O)O)c(C(=O)O)c1. The summed E-state index contributed by atoms with van der Waals surface area (Å²) in [5.41, 5.74) is -2.94. The first-order chi connectivity index (χ1) is 12.3. The van der Waals surface area contributed by atoms with Gasteiger partial charge in [0.2, 0.25) is 0 Å². The van der Waals surface area contributed by atoms with Crippen LogP contribution in [-0.2, 0) is 12.1 Å². The van der Waals surface area contributed by atoms with Crippen LogP contribution in [0.3, 0.4) is 0 Å². The number of carboxylic acids is 2. The number of carbonyl (C=O) groups is 2. The van der Waals surface area contributed by atoms with Crippen molar-refractivity contribution >= 4 is 23.7 Å². The van der Waals surface area contributed by atoms with E-state index in [2.05, 4.69) is 0 Å². The maximum Gasteiger partial charge on any atom is 0.416 e. The Morgan fingerprint density at radius 1 is 0.815 bits per heavy atom. The summed E-state index contributed by atoms with van der Waals surface area (Å²) in [4.78, 5) is 22.4. The van der Waals surface area contributed by atoms with Crippen LogP contribution in [0.2, 0.25) is 0 Å². The third-order valence-electron chi connectivity index (χ3n) is 3.47. The standard InChI is InChI=1S/C17H11F5O4S/c1-16(18,19)8-2-4-12(10(6-8)14(23)24)27-13-5-3-9(17(20,21)22)7-11(13)15(25)26/h2-7H,1H3,(H,23,24)(H,25,26). The van der Waals surface area contributed by atoms with Crippen LogP contribution in [0.25, 0.3) is 0 Å². The van der Waals surface area contributed by atoms with Crippen LogP contribution in [0.5, 0.6) is 0 Å². The minimum atomic E-state index is -4.76. The molecule has 0 aliphatic heterocycles. The highest BCUT2D eigenvalue weighted by Crippen LogP contribution is 2.38. The van der Waals surface area contributed by atoms with E-state index in [0.29, 0.717) is 30.8 Å². The first-order valence-corrected chi connectivity index (χ1v) is 8.00. The Bertz CT molecular complexity index is 830. The first-order valence-electron chi connectivity index (χ1n) is 7.18. The molecule has 10 heteroatoms. The van der Waals surface area contributed by atoms with Gasteiger partial charge in [-0.2, -0.15) is 13.2 Å². The molecular weight excluding hydrogens is 395 g/mol. The van der Waals surface area contributed by atoms with Gasteiger partial charge >= 0.3 is 18.1 Å². The molecule has 2 N–H and O–H groups in total. The highest BCUT2D eigenvalue weighted by Gasteiger charge is 2.32. The average molecular weight is 406 g/mol. The molecule has 0 unspecified atom stereocenters. The lowest BCUT2D eigenvalue weighted by Gasteiger charge is -2.15. The van der Waals surface area contributed by atoms with Crippen molar-refractivity contribution in [1.29, 1.82) is 0 Å². The molecule has 0 atom stereocenters. The Labute approximate surface area is 153 Å². The quantitative estimate of drug-likeness (QED) is 0.654. The Hall–Kier alpha value is -2.62. The summed E-state index contributed by atoms with van der Waals surface area (Å²) < 4.78 is 65.1. The summed E-state index contributed by atoms with van der Waals surface area (Å²) in [6.45, 7) is 0.583. The molecule has 2 aromatic rings. The van der Waals surface area contributed by atoms with Gasteiger partial charge < -0.3 is 10.2 Å². The molecule has 2 aromatic carbocycles. The van der Waals surface area contributed by atoms with Crippen molar-refractivity contribution in [3.8, 4) is 0 Å². The minimum absolute atomic E-state index is 0.0854. The van der Waals surface area contributed by atoms with E-state index < -0.39 is 46.3 Å². The molecule has 0 amide bonds. The Kier molecular flexibility index (Phi) is 5.50. The van der Waals surface area contributed by atoms with E-state index in [1.807, 2.05) is 0 Å². The normalized spacial score (nSPS) is 12.1. The van der Waals surface area contributed by atoms with Crippen LogP contribution in [0, 0.1) is 0 Å². The molecule has 0 aliphatic rings. The van der Waals surface area contributed by atoms with Gasteiger partial charge in [0, 0.05) is 22.3 Å². The fourth-order valence-electron chi connectivity index (χ4n) is 2.14. The average Bonchev–Trinajstić information content (AvgIpc) is 2.53. The second-order valence-electron chi connectivity index (χ2n) is 5.52. The monoisotopic (exact) mass is 406 g/mol. The van der Waals surface area contributed by atoms with Crippen molar-refractivity contribution in [2.24, 2.45) is 0 Å². The number of hydrogen-bond acceptors (Lipinski definition) is 3. The molecule has 27 heavy (non-hydrogen) atoms. The third-order valence-corrected chi connectivity index (χ3v) is 4.63. The number of rotatable bonds is 5. The van der Waals surface area contributed by atoms with Gasteiger partial charge in [-0.1, -0.05) is 17.8 Å². The van der Waals surface area contributed by atoms with E-state index in [0.717, 1.165) is 24.3 Å². The summed E-state index contributed by atoms with van der Waals surface area (Å²) in [7, 11) is 0. The summed E-state index contributed by atoms with van der Waals surface area (Å²) in [5.74, 6) is -6.47. The van der Waals surface area contributed by atoms with Crippen LogP contribution in [-0.4, -0.2) is 22.2 Å². The molecule has 0 aromatic heterocycles. The second kappa shape index (κ2) is 7.18. The molecule has 0 saturated carbocycles. The summed E-state index contributed by atoms with van der Waals surface area (Å²) in [5, 5.41) is 18.4. The van der Waals surface area contributed by atoms with Crippen molar-refractivity contribution in [2.45, 2.75) is 28.8 Å². The third kappa shape index (κ3) is 4.76. The number of alkyl halides is 5. The summed E-state index contributed by atoms with van der Waals surface area (Å²) >= 11 is 0.562. The Balaban J connectivity index is 2.53. The molecule has 0 radical (unpaired) electrons. The lowest BCUT2D eigenvalue weighted by molar-refractivity contribution is -0.137. The van der Waals surface area contributed by atoms with E-state index >= 15 is 0 Å². The minimum Gasteiger partial charge on any atom is -0.478 e. The van der Waals surface area contributed by atoms with Gasteiger partial charge in [-0.05, 0) is 30.3 Å². The number of benzene rings is 2. The fraction of sp³-hybridized carbons (Fsp3) is 0.176. The van der Waals surface area contributed by atoms with E-state index in [-0.39, 0.29) is 9.79 Å². The molecular formula is C17H11F5O4S. The Morgan fingerprint density at radius 3 is 1.59 bits per heavy atom. The van der Waals surface area contributed by atoms with Gasteiger partial charge in [-0.25, -0.2) is 18.4 Å². The second-order valence-corrected chi connectivity index (χ2v) is 6.60. The molecule has 4 nitrogen and oxygen atoms in total. The van der Waals surface area contributed by atoms with Crippen LogP contribution >= 0.6 is 11.8 Å². The molecule has 0 saturated heterocycles. The number of hydrogen-bond donors (Lipinski definition) is 2. The zero-order valence-electron chi connectivity index (χ0n) is 13.5. The van der Waals surface area contributed by atoms with Crippen molar-refractivity contribution in [2.75, 3.05) is 0 Å². The van der Waals surface area contributed by atoms with E-state index in [9.17, 15) is 36.6 Å². The van der Waals surface area contributed by atoms with Crippen molar-refractivity contribution in [1.82, 2.24) is 0 Å². The molecule has 0 fully saturated rings. The van der Waals surface area contributed by atoms with E-state index in [1.54, 1.807) is 0 Å². The first kappa shape index (κ1) is 20.7. The molecule has 0 heterocycles. The zero-order valence-corrected chi connectivity index (χ0v) is 14.3. The van der Waals surface area contributed by atoms with Crippen LogP contribution < -0.4 is 0 Å². The maximum absolute atomic E-state index is 13.4. The predicted octanol–water partition coefficient (Wildman–Crippen LogP) is 5.36. The predicted molar refractivity (Wildman–Crippen MR) is 85.5 cm³/mol.